The molecule has 0 saturated heterocycles. The Kier molecular flexibility index (Phi) is 2.42. The largest absolute Gasteiger partial charge is 0.256 e. The molecule has 1 aromatic carbocycles. The van der Waals surface area contributed by atoms with Crippen LogP contribution in [0.3, 0.4) is 0 Å². The van der Waals surface area contributed by atoms with Crippen LogP contribution < -0.4 is 0 Å². The molecule has 0 bridgehead atoms. The van der Waals surface area contributed by atoms with Gasteiger partial charge in [0.15, 0.2) is 0 Å². The first kappa shape index (κ1) is 8.71. The molecule has 2 aromatic rings. The Balaban J connectivity index is 2.37. The van der Waals surface area contributed by atoms with E-state index in [9.17, 15) is 0 Å². The van der Waals surface area contributed by atoms with E-state index < -0.39 is 0 Å². The van der Waals surface area contributed by atoms with Crippen molar-refractivity contribution in [3.8, 4) is 6.07 Å². The van der Waals surface area contributed by atoms with Gasteiger partial charge in [-0.1, -0.05) is 18.2 Å². The third kappa shape index (κ3) is 1.72. The van der Waals surface area contributed by atoms with E-state index in [0.29, 0.717) is 6.42 Å². The Morgan fingerprint density at radius 3 is 3.00 bits per heavy atom. The highest BCUT2D eigenvalue weighted by Gasteiger charge is 1.96. The molecule has 2 heteroatoms. The van der Waals surface area contributed by atoms with E-state index >= 15 is 0 Å². The number of aromatic nitrogens is 1. The van der Waals surface area contributed by atoms with Crippen LogP contribution in [0.4, 0.5) is 0 Å². The Hall–Kier alpha value is -1.88. The summed E-state index contributed by atoms with van der Waals surface area (Å²) in [4.78, 5) is 4.32. The van der Waals surface area contributed by atoms with Gasteiger partial charge in [0.25, 0.3) is 0 Å². The van der Waals surface area contributed by atoms with Crippen molar-refractivity contribution in [2.75, 3.05) is 0 Å². The van der Waals surface area contributed by atoms with E-state index in [0.717, 1.165) is 22.9 Å². The first-order valence-electron chi connectivity index (χ1n) is 4.61. The van der Waals surface area contributed by atoms with Crippen molar-refractivity contribution in [2.45, 2.75) is 12.8 Å². The van der Waals surface area contributed by atoms with E-state index in [1.165, 1.54) is 0 Å². The Morgan fingerprint density at radius 2 is 2.14 bits per heavy atom. The van der Waals surface area contributed by atoms with Crippen molar-refractivity contribution < 1.29 is 0 Å². The van der Waals surface area contributed by atoms with E-state index in [2.05, 4.69) is 17.1 Å². The Bertz CT molecular complexity index is 483. The second-order valence-corrected chi connectivity index (χ2v) is 3.19. The van der Waals surface area contributed by atoms with E-state index in [-0.39, 0.29) is 0 Å². The number of nitriles is 1. The molecule has 14 heavy (non-hydrogen) atoms. The van der Waals surface area contributed by atoms with Gasteiger partial charge in [-0.3, -0.25) is 4.98 Å². The summed E-state index contributed by atoms with van der Waals surface area (Å²) in [6.07, 6.45) is 3.19. The van der Waals surface area contributed by atoms with Crippen molar-refractivity contribution in [1.82, 2.24) is 4.98 Å². The monoisotopic (exact) mass is 182 g/mol. The standard InChI is InChI=1S/C12H10N2/c13-7-3-4-10-8-11-5-1-2-6-12(11)14-9-10/h1-2,5-6,8-9H,3-4H2. The van der Waals surface area contributed by atoms with Crippen molar-refractivity contribution >= 4 is 10.9 Å². The highest BCUT2D eigenvalue weighted by Crippen LogP contribution is 2.13. The number of pyridine rings is 1. The first-order chi connectivity index (χ1) is 6.90. The third-order valence-corrected chi connectivity index (χ3v) is 2.17. The molecular formula is C12H10N2. The molecule has 0 aliphatic heterocycles. The predicted octanol–water partition coefficient (Wildman–Crippen LogP) is 2.69. The molecule has 0 saturated carbocycles. The van der Waals surface area contributed by atoms with Gasteiger partial charge < -0.3 is 0 Å². The summed E-state index contributed by atoms with van der Waals surface area (Å²) in [5, 5.41) is 9.61. The van der Waals surface area contributed by atoms with Crippen LogP contribution in [0.5, 0.6) is 0 Å². The zero-order valence-electron chi connectivity index (χ0n) is 7.77. The lowest BCUT2D eigenvalue weighted by molar-refractivity contribution is 1.00. The molecule has 0 unspecified atom stereocenters. The Labute approximate surface area is 82.8 Å². The normalized spacial score (nSPS) is 9.93. The minimum absolute atomic E-state index is 0.556. The van der Waals surface area contributed by atoms with Gasteiger partial charge in [0.05, 0.1) is 11.6 Å². The van der Waals surface area contributed by atoms with E-state index in [1.807, 2.05) is 30.5 Å². The summed E-state index contributed by atoms with van der Waals surface area (Å²) in [5.41, 5.74) is 2.14. The lowest BCUT2D eigenvalue weighted by Crippen LogP contribution is -1.86. The average Bonchev–Trinajstić information content (AvgIpc) is 2.26. The molecule has 2 nitrogen and oxygen atoms in total. The van der Waals surface area contributed by atoms with Gasteiger partial charge in [0, 0.05) is 18.0 Å². The second-order valence-electron chi connectivity index (χ2n) is 3.19. The summed E-state index contributed by atoms with van der Waals surface area (Å²) in [6.45, 7) is 0. The van der Waals surface area contributed by atoms with Gasteiger partial charge in [-0.2, -0.15) is 5.26 Å². The van der Waals surface area contributed by atoms with Crippen molar-refractivity contribution in [3.63, 3.8) is 0 Å². The van der Waals surface area contributed by atoms with Gasteiger partial charge in [0.1, 0.15) is 0 Å². The maximum atomic E-state index is 8.47. The van der Waals surface area contributed by atoms with Crippen LogP contribution in [0.25, 0.3) is 10.9 Å². The molecule has 0 atom stereocenters. The number of nitrogens with zero attached hydrogens (tertiary/aromatic N) is 2. The fourth-order valence-corrected chi connectivity index (χ4v) is 1.45. The molecule has 1 aromatic heterocycles. The van der Waals surface area contributed by atoms with Gasteiger partial charge in [-0.15, -0.1) is 0 Å². The highest BCUT2D eigenvalue weighted by molar-refractivity contribution is 5.78. The van der Waals surface area contributed by atoms with Crippen LogP contribution in [0.2, 0.25) is 0 Å². The van der Waals surface area contributed by atoms with Crippen LogP contribution in [0, 0.1) is 11.3 Å². The lowest BCUT2D eigenvalue weighted by Gasteiger charge is -1.99. The lowest BCUT2D eigenvalue weighted by atomic mass is 10.1. The summed E-state index contributed by atoms with van der Waals surface area (Å²) in [7, 11) is 0. The third-order valence-electron chi connectivity index (χ3n) is 2.17. The molecule has 0 amide bonds. The zero-order chi connectivity index (χ0) is 9.80. The van der Waals surface area contributed by atoms with Crippen LogP contribution in [-0.2, 0) is 6.42 Å². The fourth-order valence-electron chi connectivity index (χ4n) is 1.45. The highest BCUT2D eigenvalue weighted by atomic mass is 14.6. The Morgan fingerprint density at radius 1 is 1.29 bits per heavy atom. The molecular weight excluding hydrogens is 172 g/mol. The summed E-state index contributed by atoms with van der Waals surface area (Å²) < 4.78 is 0. The maximum Gasteiger partial charge on any atom is 0.0702 e. The van der Waals surface area contributed by atoms with Gasteiger partial charge in [-0.05, 0) is 24.1 Å². The van der Waals surface area contributed by atoms with Gasteiger partial charge in [0.2, 0.25) is 0 Å². The topological polar surface area (TPSA) is 36.7 Å². The summed E-state index contributed by atoms with van der Waals surface area (Å²) >= 11 is 0. The van der Waals surface area contributed by atoms with Crippen LogP contribution in [-0.4, -0.2) is 4.98 Å². The SMILES string of the molecule is N#CCCc1cnc2ccccc2c1. The zero-order valence-corrected chi connectivity index (χ0v) is 7.77. The predicted molar refractivity (Wildman–Crippen MR) is 55.7 cm³/mol. The van der Waals surface area contributed by atoms with Crippen LogP contribution >= 0.6 is 0 Å². The molecule has 0 radical (unpaired) electrons. The molecule has 1 heterocycles. The minimum atomic E-state index is 0.556. The van der Waals surface area contributed by atoms with Crippen molar-refractivity contribution in [1.29, 1.82) is 5.26 Å². The molecule has 0 N–H and O–H groups in total. The number of hydrogen-bond acceptors (Lipinski definition) is 2. The molecule has 0 spiro atoms. The number of benzene rings is 1. The number of fused-ring (bicyclic) bond motifs is 1. The number of para-hydroxylation sites is 1. The maximum absolute atomic E-state index is 8.47. The first-order valence-corrected chi connectivity index (χ1v) is 4.61. The number of aryl methyl sites for hydroxylation is 1. The van der Waals surface area contributed by atoms with Gasteiger partial charge in [-0.25, -0.2) is 0 Å². The molecule has 0 fully saturated rings. The van der Waals surface area contributed by atoms with Crippen molar-refractivity contribution in [2.24, 2.45) is 0 Å². The molecule has 68 valence electrons. The van der Waals surface area contributed by atoms with Crippen LogP contribution in [0.15, 0.2) is 36.5 Å². The fraction of sp³-hybridized carbons (Fsp3) is 0.167. The average molecular weight is 182 g/mol. The quantitative estimate of drug-likeness (QED) is 0.716. The molecule has 0 aliphatic carbocycles. The minimum Gasteiger partial charge on any atom is -0.256 e. The number of hydrogen-bond donors (Lipinski definition) is 0. The molecule has 0 aliphatic rings. The van der Waals surface area contributed by atoms with E-state index in [4.69, 9.17) is 5.26 Å². The smallest absolute Gasteiger partial charge is 0.0702 e. The molecule has 2 rings (SSSR count). The number of rotatable bonds is 2. The second kappa shape index (κ2) is 3.89. The van der Waals surface area contributed by atoms with Crippen LogP contribution in [0.1, 0.15) is 12.0 Å². The summed E-state index contributed by atoms with van der Waals surface area (Å²) in [5.74, 6) is 0. The summed E-state index contributed by atoms with van der Waals surface area (Å²) in [6, 6.07) is 12.2. The van der Waals surface area contributed by atoms with Gasteiger partial charge >= 0.3 is 0 Å². The van der Waals surface area contributed by atoms with E-state index in [1.54, 1.807) is 0 Å². The van der Waals surface area contributed by atoms with Crippen molar-refractivity contribution in [3.05, 3.63) is 42.1 Å².